The van der Waals surface area contributed by atoms with Crippen molar-refractivity contribution in [1.82, 2.24) is 0 Å². The van der Waals surface area contributed by atoms with Gasteiger partial charge >= 0.3 is 0 Å². The van der Waals surface area contributed by atoms with Crippen molar-refractivity contribution in [2.45, 2.75) is 38.2 Å². The number of hydrogen-bond acceptors (Lipinski definition) is 1. The van der Waals surface area contributed by atoms with Crippen molar-refractivity contribution in [3.63, 3.8) is 0 Å². The van der Waals surface area contributed by atoms with Crippen LogP contribution in [0.25, 0.3) is 0 Å². The third-order valence-corrected chi connectivity index (χ3v) is 3.40. The van der Waals surface area contributed by atoms with E-state index in [1.165, 1.54) is 11.6 Å². The van der Waals surface area contributed by atoms with Gasteiger partial charge in [-0.25, -0.2) is 4.39 Å². The van der Waals surface area contributed by atoms with Crippen LogP contribution in [0.3, 0.4) is 0 Å². The fraction of sp³-hybridized carbons (Fsp3) is 0.429. The number of halogens is 2. The minimum absolute atomic E-state index is 0.156. The largest absolute Gasteiger partial charge is 0.389 e. The van der Waals surface area contributed by atoms with Crippen molar-refractivity contribution < 1.29 is 9.50 Å². The van der Waals surface area contributed by atoms with Gasteiger partial charge in [-0.15, -0.1) is 0 Å². The van der Waals surface area contributed by atoms with Crippen molar-refractivity contribution in [1.29, 1.82) is 0 Å². The lowest BCUT2D eigenvalue weighted by atomic mass is 10.0. The molecule has 1 unspecified atom stereocenters. The smallest absolute Gasteiger partial charge is 0.142 e. The van der Waals surface area contributed by atoms with Crippen LogP contribution in [0, 0.1) is 5.82 Å². The first-order valence-electron chi connectivity index (χ1n) is 5.97. The van der Waals surface area contributed by atoms with Gasteiger partial charge in [0.2, 0.25) is 0 Å². The van der Waals surface area contributed by atoms with Gasteiger partial charge in [-0.2, -0.15) is 0 Å². The third kappa shape index (κ3) is 3.55. The molecule has 1 aliphatic carbocycles. The maximum absolute atomic E-state index is 13.3. The molecular weight excluding hydrogens is 239 g/mol. The predicted molar refractivity (Wildman–Crippen MR) is 67.7 cm³/mol. The second kappa shape index (κ2) is 5.65. The van der Waals surface area contributed by atoms with E-state index in [2.05, 4.69) is 0 Å². The van der Waals surface area contributed by atoms with Gasteiger partial charge in [-0.05, 0) is 43.4 Å². The summed E-state index contributed by atoms with van der Waals surface area (Å²) in [5.41, 5.74) is 2.10. The molecule has 1 nitrogen and oxygen atoms in total. The molecule has 2 rings (SSSR count). The maximum Gasteiger partial charge on any atom is 0.142 e. The van der Waals surface area contributed by atoms with Crippen LogP contribution in [0.2, 0.25) is 5.02 Å². The van der Waals surface area contributed by atoms with E-state index in [1.54, 1.807) is 6.07 Å². The van der Waals surface area contributed by atoms with Crippen molar-refractivity contribution in [2.75, 3.05) is 0 Å². The van der Waals surface area contributed by atoms with E-state index in [0.717, 1.165) is 31.2 Å². The van der Waals surface area contributed by atoms with E-state index in [9.17, 15) is 9.50 Å². The highest BCUT2D eigenvalue weighted by atomic mass is 35.5. The molecule has 0 saturated heterocycles. The van der Waals surface area contributed by atoms with E-state index in [4.69, 9.17) is 11.6 Å². The summed E-state index contributed by atoms with van der Waals surface area (Å²) in [7, 11) is 0. The molecule has 0 fully saturated rings. The molecule has 1 atom stereocenters. The van der Waals surface area contributed by atoms with Crippen molar-refractivity contribution in [2.24, 2.45) is 0 Å². The SMILES string of the molecule is OC1C=C(Cc2ccc(Cl)c(F)c2)CCCC1. The zero-order valence-electron chi connectivity index (χ0n) is 9.63. The van der Waals surface area contributed by atoms with Crippen molar-refractivity contribution in [3.8, 4) is 0 Å². The summed E-state index contributed by atoms with van der Waals surface area (Å²) >= 11 is 5.64. The molecular formula is C14H16ClFO. The second-order valence-corrected chi connectivity index (χ2v) is 4.97. The number of rotatable bonds is 2. The van der Waals surface area contributed by atoms with E-state index < -0.39 is 0 Å². The van der Waals surface area contributed by atoms with Gasteiger partial charge in [0.25, 0.3) is 0 Å². The van der Waals surface area contributed by atoms with Crippen LogP contribution in [0.5, 0.6) is 0 Å². The molecule has 1 aromatic carbocycles. The Labute approximate surface area is 106 Å². The average molecular weight is 255 g/mol. The standard InChI is InChI=1S/C14H16ClFO/c15-13-6-5-11(9-14(13)16)7-10-3-1-2-4-12(17)8-10/h5-6,8-9,12,17H,1-4,7H2. The fourth-order valence-electron chi connectivity index (χ4n) is 2.20. The number of benzene rings is 1. The number of hydrogen-bond donors (Lipinski definition) is 1. The molecule has 92 valence electrons. The van der Waals surface area contributed by atoms with Crippen LogP contribution in [0.1, 0.15) is 31.2 Å². The number of allylic oxidation sites excluding steroid dienone is 1. The van der Waals surface area contributed by atoms with Crippen molar-refractivity contribution >= 4 is 11.6 Å². The van der Waals surface area contributed by atoms with Crippen LogP contribution in [0.4, 0.5) is 4.39 Å². The molecule has 0 aromatic heterocycles. The molecule has 0 aliphatic heterocycles. The highest BCUT2D eigenvalue weighted by Crippen LogP contribution is 2.23. The molecule has 0 bridgehead atoms. The van der Waals surface area contributed by atoms with Gasteiger partial charge in [0.15, 0.2) is 0 Å². The van der Waals surface area contributed by atoms with E-state index in [1.807, 2.05) is 12.1 Å². The van der Waals surface area contributed by atoms with E-state index in [0.29, 0.717) is 6.42 Å². The molecule has 0 saturated carbocycles. The van der Waals surface area contributed by atoms with Crippen LogP contribution in [-0.4, -0.2) is 11.2 Å². The minimum atomic E-state index is -0.376. The number of aliphatic hydroxyl groups is 1. The monoisotopic (exact) mass is 254 g/mol. The lowest BCUT2D eigenvalue weighted by Crippen LogP contribution is -2.01. The number of aliphatic hydroxyl groups excluding tert-OH is 1. The maximum atomic E-state index is 13.3. The Bertz CT molecular complexity index is 428. The summed E-state index contributed by atoms with van der Waals surface area (Å²) in [5.74, 6) is -0.376. The van der Waals surface area contributed by atoms with Gasteiger partial charge in [0, 0.05) is 0 Å². The first-order valence-corrected chi connectivity index (χ1v) is 6.34. The van der Waals surface area contributed by atoms with E-state index >= 15 is 0 Å². The summed E-state index contributed by atoms with van der Waals surface area (Å²) in [6.45, 7) is 0. The van der Waals surface area contributed by atoms with Crippen LogP contribution < -0.4 is 0 Å². The van der Waals surface area contributed by atoms with Crippen LogP contribution in [-0.2, 0) is 6.42 Å². The second-order valence-electron chi connectivity index (χ2n) is 4.56. The predicted octanol–water partition coefficient (Wildman–Crippen LogP) is 3.88. The van der Waals surface area contributed by atoms with Gasteiger partial charge in [-0.1, -0.05) is 35.7 Å². The molecule has 0 heterocycles. The molecule has 17 heavy (non-hydrogen) atoms. The highest BCUT2D eigenvalue weighted by molar-refractivity contribution is 6.30. The summed E-state index contributed by atoms with van der Waals surface area (Å²) in [6, 6.07) is 4.89. The van der Waals surface area contributed by atoms with Gasteiger partial charge in [0.05, 0.1) is 11.1 Å². The zero-order chi connectivity index (χ0) is 12.3. The molecule has 0 spiro atoms. The zero-order valence-corrected chi connectivity index (χ0v) is 10.4. The normalized spacial score (nSPS) is 20.9. The Hall–Kier alpha value is -0.860. The lowest BCUT2D eigenvalue weighted by molar-refractivity contribution is 0.211. The van der Waals surface area contributed by atoms with Gasteiger partial charge in [-0.3, -0.25) is 0 Å². The molecule has 1 N–H and O–H groups in total. The van der Waals surface area contributed by atoms with Crippen LogP contribution in [0.15, 0.2) is 29.8 Å². The Morgan fingerprint density at radius 3 is 2.94 bits per heavy atom. The minimum Gasteiger partial charge on any atom is -0.389 e. The lowest BCUT2D eigenvalue weighted by Gasteiger charge is -2.07. The third-order valence-electron chi connectivity index (χ3n) is 3.09. The molecule has 0 amide bonds. The highest BCUT2D eigenvalue weighted by Gasteiger charge is 2.10. The Balaban J connectivity index is 2.11. The Morgan fingerprint density at radius 1 is 1.35 bits per heavy atom. The van der Waals surface area contributed by atoms with Gasteiger partial charge in [0.1, 0.15) is 5.82 Å². The van der Waals surface area contributed by atoms with Crippen LogP contribution >= 0.6 is 11.6 Å². The van der Waals surface area contributed by atoms with E-state index in [-0.39, 0.29) is 16.9 Å². The van der Waals surface area contributed by atoms with Crippen molar-refractivity contribution in [3.05, 3.63) is 46.3 Å². The fourth-order valence-corrected chi connectivity index (χ4v) is 2.32. The first kappa shape index (κ1) is 12.6. The first-order chi connectivity index (χ1) is 8.15. The summed E-state index contributed by atoms with van der Waals surface area (Å²) in [6.07, 6.45) is 6.24. The topological polar surface area (TPSA) is 20.2 Å². The summed E-state index contributed by atoms with van der Waals surface area (Å²) in [5, 5.41) is 9.82. The summed E-state index contributed by atoms with van der Waals surface area (Å²) in [4.78, 5) is 0. The quantitative estimate of drug-likeness (QED) is 0.794. The Morgan fingerprint density at radius 2 is 2.18 bits per heavy atom. The molecule has 0 radical (unpaired) electrons. The molecule has 1 aromatic rings. The average Bonchev–Trinajstić information content (AvgIpc) is 2.48. The van der Waals surface area contributed by atoms with Gasteiger partial charge < -0.3 is 5.11 Å². The molecule has 3 heteroatoms. The molecule has 1 aliphatic rings. The Kier molecular flexibility index (Phi) is 4.19. The summed E-state index contributed by atoms with van der Waals surface area (Å²) < 4.78 is 13.3.